The first kappa shape index (κ1) is 12.7. The van der Waals surface area contributed by atoms with Crippen LogP contribution in [0.1, 0.15) is 31.2 Å². The molecule has 2 bridgehead atoms. The molecule has 0 spiro atoms. The molecule has 2 saturated heterocycles. The van der Waals surface area contributed by atoms with Crippen LogP contribution in [-0.2, 0) is 6.54 Å². The molecular weight excluding hydrogens is 267 g/mol. The van der Waals surface area contributed by atoms with Crippen molar-refractivity contribution >= 4 is 23.2 Å². The highest BCUT2D eigenvalue weighted by atomic mass is 35.5. The highest BCUT2D eigenvalue weighted by Gasteiger charge is 2.39. The van der Waals surface area contributed by atoms with Gasteiger partial charge in [0.05, 0.1) is 10.0 Å². The molecule has 0 amide bonds. The molecule has 1 aromatic rings. The number of halogens is 2. The van der Waals surface area contributed by atoms with E-state index in [0.717, 1.165) is 19.4 Å². The van der Waals surface area contributed by atoms with Gasteiger partial charge in [-0.1, -0.05) is 29.3 Å². The van der Waals surface area contributed by atoms with Gasteiger partial charge in [0.1, 0.15) is 0 Å². The predicted octanol–water partition coefficient (Wildman–Crippen LogP) is 3.45. The van der Waals surface area contributed by atoms with Crippen molar-refractivity contribution in [3.05, 3.63) is 33.8 Å². The van der Waals surface area contributed by atoms with Gasteiger partial charge in [0.25, 0.3) is 0 Å². The number of piperidine rings is 1. The van der Waals surface area contributed by atoms with E-state index in [1.54, 1.807) is 0 Å². The first-order valence-electron chi connectivity index (χ1n) is 6.59. The topological polar surface area (TPSA) is 29.3 Å². The number of fused-ring (bicyclic) bond motifs is 2. The van der Waals surface area contributed by atoms with Crippen molar-refractivity contribution in [1.29, 1.82) is 0 Å². The third-order valence-electron chi connectivity index (χ3n) is 4.27. The first-order chi connectivity index (χ1) is 8.63. The molecule has 2 aliphatic rings. The largest absolute Gasteiger partial charge is 0.328 e. The Hall–Kier alpha value is -0.280. The number of nitrogens with zero attached hydrogens (tertiary/aromatic N) is 1. The molecule has 2 atom stereocenters. The highest BCUT2D eigenvalue weighted by molar-refractivity contribution is 6.42. The van der Waals surface area contributed by atoms with E-state index in [1.165, 1.54) is 18.4 Å². The van der Waals surface area contributed by atoms with Crippen molar-refractivity contribution in [2.75, 3.05) is 0 Å². The average Bonchev–Trinajstić information content (AvgIpc) is 2.58. The number of nitrogens with two attached hydrogens (primary N) is 1. The van der Waals surface area contributed by atoms with Crippen molar-refractivity contribution in [2.24, 2.45) is 5.73 Å². The molecule has 18 heavy (non-hydrogen) atoms. The molecule has 0 radical (unpaired) electrons. The first-order valence-corrected chi connectivity index (χ1v) is 7.34. The van der Waals surface area contributed by atoms with E-state index in [0.29, 0.717) is 28.2 Å². The summed E-state index contributed by atoms with van der Waals surface area (Å²) in [5.74, 6) is 0. The molecule has 0 aromatic heterocycles. The molecule has 0 saturated carbocycles. The van der Waals surface area contributed by atoms with Crippen LogP contribution < -0.4 is 5.73 Å². The van der Waals surface area contributed by atoms with Crippen LogP contribution in [0.15, 0.2) is 18.2 Å². The van der Waals surface area contributed by atoms with Crippen LogP contribution in [-0.4, -0.2) is 23.0 Å². The lowest BCUT2D eigenvalue weighted by Gasteiger charge is -2.37. The summed E-state index contributed by atoms with van der Waals surface area (Å²) in [7, 11) is 0. The second-order valence-corrected chi connectivity index (χ2v) is 6.35. The minimum absolute atomic E-state index is 0.396. The Bertz CT molecular complexity index is 435. The van der Waals surface area contributed by atoms with Crippen LogP contribution in [0.3, 0.4) is 0 Å². The van der Waals surface area contributed by atoms with Crippen molar-refractivity contribution in [3.63, 3.8) is 0 Å². The zero-order valence-corrected chi connectivity index (χ0v) is 11.8. The van der Waals surface area contributed by atoms with Gasteiger partial charge in [-0.05, 0) is 43.4 Å². The minimum Gasteiger partial charge on any atom is -0.328 e. The number of hydrogen-bond donors (Lipinski definition) is 1. The lowest BCUT2D eigenvalue weighted by molar-refractivity contribution is 0.120. The number of hydrogen-bond acceptors (Lipinski definition) is 2. The zero-order valence-electron chi connectivity index (χ0n) is 10.3. The van der Waals surface area contributed by atoms with E-state index >= 15 is 0 Å². The molecule has 2 heterocycles. The third-order valence-corrected chi connectivity index (χ3v) is 5.01. The maximum Gasteiger partial charge on any atom is 0.0595 e. The summed E-state index contributed by atoms with van der Waals surface area (Å²) >= 11 is 12.0. The summed E-state index contributed by atoms with van der Waals surface area (Å²) in [5.41, 5.74) is 7.34. The molecule has 4 heteroatoms. The Kier molecular flexibility index (Phi) is 3.55. The SMILES string of the molecule is NC1CC2CCC(C1)N2Cc1ccc(Cl)c(Cl)c1. The molecule has 3 rings (SSSR count). The van der Waals surface area contributed by atoms with E-state index in [1.807, 2.05) is 12.1 Å². The zero-order chi connectivity index (χ0) is 12.7. The standard InChI is InChI=1S/C14H18Cl2N2/c15-13-4-1-9(5-14(13)16)8-18-11-2-3-12(18)7-10(17)6-11/h1,4-5,10-12H,2-3,6-8,17H2. The van der Waals surface area contributed by atoms with Crippen LogP contribution >= 0.6 is 23.2 Å². The van der Waals surface area contributed by atoms with E-state index in [9.17, 15) is 0 Å². The van der Waals surface area contributed by atoms with Crippen LogP contribution in [0.25, 0.3) is 0 Å². The second-order valence-electron chi connectivity index (χ2n) is 5.54. The molecular formula is C14H18Cl2N2. The van der Waals surface area contributed by atoms with E-state index in [2.05, 4.69) is 11.0 Å². The monoisotopic (exact) mass is 284 g/mol. The van der Waals surface area contributed by atoms with Gasteiger partial charge in [0, 0.05) is 24.7 Å². The Morgan fingerprint density at radius 1 is 1.11 bits per heavy atom. The van der Waals surface area contributed by atoms with Gasteiger partial charge in [-0.25, -0.2) is 0 Å². The van der Waals surface area contributed by atoms with Crippen LogP contribution in [0, 0.1) is 0 Å². The Labute approximate surface area is 118 Å². The smallest absolute Gasteiger partial charge is 0.0595 e. The lowest BCUT2D eigenvalue weighted by Crippen LogP contribution is -2.46. The average molecular weight is 285 g/mol. The quantitative estimate of drug-likeness (QED) is 0.901. The molecule has 0 aliphatic carbocycles. The summed E-state index contributed by atoms with van der Waals surface area (Å²) in [4.78, 5) is 2.60. The van der Waals surface area contributed by atoms with Crippen molar-refractivity contribution in [3.8, 4) is 0 Å². The van der Waals surface area contributed by atoms with Gasteiger partial charge in [-0.2, -0.15) is 0 Å². The van der Waals surface area contributed by atoms with Gasteiger partial charge >= 0.3 is 0 Å². The van der Waals surface area contributed by atoms with Gasteiger partial charge in [-0.3, -0.25) is 4.90 Å². The van der Waals surface area contributed by atoms with E-state index in [4.69, 9.17) is 28.9 Å². The normalized spacial score (nSPS) is 31.8. The highest BCUT2D eigenvalue weighted by Crippen LogP contribution is 2.36. The summed E-state index contributed by atoms with van der Waals surface area (Å²) in [6.07, 6.45) is 4.86. The maximum absolute atomic E-state index is 6.09. The predicted molar refractivity (Wildman–Crippen MR) is 76.0 cm³/mol. The van der Waals surface area contributed by atoms with Crippen LogP contribution in [0.5, 0.6) is 0 Å². The van der Waals surface area contributed by atoms with Crippen molar-refractivity contribution in [1.82, 2.24) is 4.90 Å². The summed E-state index contributed by atoms with van der Waals surface area (Å²) in [5, 5.41) is 1.28. The van der Waals surface area contributed by atoms with E-state index in [-0.39, 0.29) is 0 Å². The summed E-state index contributed by atoms with van der Waals surface area (Å²) < 4.78 is 0. The van der Waals surface area contributed by atoms with E-state index < -0.39 is 0 Å². The molecule has 2 aliphatic heterocycles. The summed E-state index contributed by atoms with van der Waals surface area (Å²) in [6.45, 7) is 0.971. The maximum atomic E-state index is 6.09. The number of rotatable bonds is 2. The van der Waals surface area contributed by atoms with Crippen LogP contribution in [0.2, 0.25) is 10.0 Å². The van der Waals surface area contributed by atoms with Gasteiger partial charge in [0.2, 0.25) is 0 Å². The van der Waals surface area contributed by atoms with Crippen molar-refractivity contribution in [2.45, 2.75) is 50.4 Å². The Balaban J connectivity index is 1.75. The fraction of sp³-hybridized carbons (Fsp3) is 0.571. The minimum atomic E-state index is 0.396. The fourth-order valence-electron chi connectivity index (χ4n) is 3.42. The second kappa shape index (κ2) is 5.01. The Morgan fingerprint density at radius 2 is 1.78 bits per heavy atom. The fourth-order valence-corrected chi connectivity index (χ4v) is 3.74. The summed E-state index contributed by atoms with van der Waals surface area (Å²) in [6, 6.07) is 7.66. The molecule has 2 nitrogen and oxygen atoms in total. The molecule has 2 fully saturated rings. The molecule has 98 valence electrons. The Morgan fingerprint density at radius 3 is 2.39 bits per heavy atom. The number of benzene rings is 1. The van der Waals surface area contributed by atoms with Gasteiger partial charge in [0.15, 0.2) is 0 Å². The van der Waals surface area contributed by atoms with Crippen molar-refractivity contribution < 1.29 is 0 Å². The molecule has 1 aromatic carbocycles. The van der Waals surface area contributed by atoms with Crippen LogP contribution in [0.4, 0.5) is 0 Å². The molecule has 2 unspecified atom stereocenters. The lowest BCUT2D eigenvalue weighted by atomic mass is 9.97. The third kappa shape index (κ3) is 2.39. The van der Waals surface area contributed by atoms with Gasteiger partial charge in [-0.15, -0.1) is 0 Å². The molecule has 2 N–H and O–H groups in total. The van der Waals surface area contributed by atoms with Gasteiger partial charge < -0.3 is 5.73 Å².